The van der Waals surface area contributed by atoms with Crippen molar-refractivity contribution in [3.63, 3.8) is 0 Å². The van der Waals surface area contributed by atoms with Crippen LogP contribution in [0.15, 0.2) is 11.3 Å². The Morgan fingerprint density at radius 2 is 2.07 bits per heavy atom. The van der Waals surface area contributed by atoms with Crippen LogP contribution in [0.3, 0.4) is 0 Å². The molecule has 3 unspecified atom stereocenters. The third kappa shape index (κ3) is 1.29. The number of amides is 1. The summed E-state index contributed by atoms with van der Waals surface area (Å²) >= 11 is 1.66. The van der Waals surface area contributed by atoms with E-state index >= 15 is 0 Å². The molecular weight excluding hydrogens is 214 g/mol. The minimum absolute atomic E-state index is 0.0372. The zero-order valence-corrected chi connectivity index (χ0v) is 9.67. The Morgan fingerprint density at radius 1 is 1.47 bits per heavy atom. The van der Waals surface area contributed by atoms with E-state index in [1.165, 1.54) is 4.90 Å². The van der Waals surface area contributed by atoms with Gasteiger partial charge in [0.15, 0.2) is 0 Å². The van der Waals surface area contributed by atoms with Crippen LogP contribution in [-0.4, -0.2) is 32.5 Å². The summed E-state index contributed by atoms with van der Waals surface area (Å²) in [5.41, 5.74) is 0.829. The molecule has 0 saturated carbocycles. The lowest BCUT2D eigenvalue weighted by Gasteiger charge is -2.57. The number of nitrogens with zero attached hydrogens (tertiary/aromatic N) is 1. The average Bonchev–Trinajstić information content (AvgIpc) is 2.08. The molecule has 0 spiro atoms. The Morgan fingerprint density at radius 3 is 2.40 bits per heavy atom. The van der Waals surface area contributed by atoms with Gasteiger partial charge in [0.2, 0.25) is 5.91 Å². The van der Waals surface area contributed by atoms with Crippen molar-refractivity contribution >= 4 is 23.6 Å². The predicted octanol–water partition coefficient (Wildman–Crippen LogP) is 1.28. The molecule has 3 atom stereocenters. The molecule has 0 radical (unpaired) electrons. The maximum absolute atomic E-state index is 11.7. The topological polar surface area (TPSA) is 57.6 Å². The van der Waals surface area contributed by atoms with E-state index in [1.54, 1.807) is 25.6 Å². The van der Waals surface area contributed by atoms with Gasteiger partial charge in [-0.3, -0.25) is 9.69 Å². The number of rotatable bonds is 2. The van der Waals surface area contributed by atoms with Crippen LogP contribution in [0, 0.1) is 5.92 Å². The van der Waals surface area contributed by atoms with Gasteiger partial charge in [-0.25, -0.2) is 4.79 Å². The number of carbonyl (C=O) groups excluding carboxylic acids is 1. The molecule has 2 aliphatic heterocycles. The number of thioether (sulfide) groups is 1. The Labute approximate surface area is 92.3 Å². The van der Waals surface area contributed by atoms with Crippen molar-refractivity contribution in [1.82, 2.24) is 4.90 Å². The first-order valence-electron chi connectivity index (χ1n) is 4.84. The van der Waals surface area contributed by atoms with Gasteiger partial charge in [-0.1, -0.05) is 6.92 Å². The van der Waals surface area contributed by atoms with E-state index in [0.29, 0.717) is 10.8 Å². The summed E-state index contributed by atoms with van der Waals surface area (Å²) in [7, 11) is 0. The minimum Gasteiger partial charge on any atom is -0.477 e. The van der Waals surface area contributed by atoms with E-state index < -0.39 is 5.97 Å². The second kappa shape index (κ2) is 3.27. The molecule has 0 aliphatic carbocycles. The van der Waals surface area contributed by atoms with Crippen LogP contribution >= 0.6 is 11.8 Å². The molecule has 0 aromatic heterocycles. The fraction of sp³-hybridized carbons (Fsp3) is 0.600. The van der Waals surface area contributed by atoms with Crippen molar-refractivity contribution in [2.45, 2.75) is 31.4 Å². The molecule has 2 rings (SSSR count). The van der Waals surface area contributed by atoms with E-state index in [9.17, 15) is 9.59 Å². The highest BCUT2D eigenvalue weighted by Crippen LogP contribution is 2.54. The molecule has 82 valence electrons. The summed E-state index contributed by atoms with van der Waals surface area (Å²) in [5, 5.41) is 9.43. The second-order valence-electron chi connectivity index (χ2n) is 4.12. The fourth-order valence-corrected chi connectivity index (χ4v) is 3.53. The van der Waals surface area contributed by atoms with Gasteiger partial charge in [0.25, 0.3) is 0 Å². The van der Waals surface area contributed by atoms with Crippen LogP contribution in [0.2, 0.25) is 0 Å². The number of allylic oxidation sites excluding steroid dienone is 1. The summed E-state index contributed by atoms with van der Waals surface area (Å²) in [4.78, 5) is 24.1. The number of aliphatic carboxylic acids is 1. The third-order valence-electron chi connectivity index (χ3n) is 2.86. The van der Waals surface area contributed by atoms with Gasteiger partial charge in [0, 0.05) is 5.25 Å². The van der Waals surface area contributed by atoms with Crippen molar-refractivity contribution < 1.29 is 14.7 Å². The van der Waals surface area contributed by atoms with E-state index in [4.69, 9.17) is 5.11 Å². The van der Waals surface area contributed by atoms with Gasteiger partial charge in [-0.2, -0.15) is 0 Å². The molecule has 1 N–H and O–H groups in total. The average molecular weight is 227 g/mol. The SMILES string of the molecule is CC(C)=C(C(=O)O)N1C(=O)C2C(C)SC21. The van der Waals surface area contributed by atoms with E-state index in [2.05, 4.69) is 0 Å². The van der Waals surface area contributed by atoms with E-state index in [1.807, 2.05) is 6.92 Å². The predicted molar refractivity (Wildman–Crippen MR) is 57.2 cm³/mol. The highest BCUT2D eigenvalue weighted by atomic mass is 32.2. The fourth-order valence-electron chi connectivity index (χ4n) is 2.07. The lowest BCUT2D eigenvalue weighted by Crippen LogP contribution is -2.68. The van der Waals surface area contributed by atoms with Crippen LogP contribution < -0.4 is 0 Å². The van der Waals surface area contributed by atoms with Crippen LogP contribution in [0.5, 0.6) is 0 Å². The van der Waals surface area contributed by atoms with Crippen LogP contribution in [0.25, 0.3) is 0 Å². The number of carbonyl (C=O) groups is 2. The van der Waals surface area contributed by atoms with Gasteiger partial charge in [0.1, 0.15) is 5.70 Å². The molecule has 2 saturated heterocycles. The zero-order valence-electron chi connectivity index (χ0n) is 8.85. The maximum atomic E-state index is 11.7. The van der Waals surface area contributed by atoms with E-state index in [0.717, 1.165) is 0 Å². The molecule has 0 bridgehead atoms. The molecule has 2 aliphatic rings. The van der Waals surface area contributed by atoms with Gasteiger partial charge in [0.05, 0.1) is 11.3 Å². The Balaban J connectivity index is 2.24. The molecule has 2 fully saturated rings. The molecule has 2 heterocycles. The van der Waals surface area contributed by atoms with Gasteiger partial charge in [-0.05, 0) is 19.4 Å². The molecular formula is C10H13NO3S. The molecule has 15 heavy (non-hydrogen) atoms. The lowest BCUT2D eigenvalue weighted by molar-refractivity contribution is -0.153. The highest BCUT2D eigenvalue weighted by Gasteiger charge is 2.60. The summed E-state index contributed by atoms with van der Waals surface area (Å²) in [5.74, 6) is -1.00. The molecule has 4 nitrogen and oxygen atoms in total. The number of carboxylic acids is 1. The smallest absolute Gasteiger partial charge is 0.352 e. The Bertz CT molecular complexity index is 373. The van der Waals surface area contributed by atoms with Gasteiger partial charge < -0.3 is 5.11 Å². The van der Waals surface area contributed by atoms with Crippen LogP contribution in [-0.2, 0) is 9.59 Å². The lowest BCUT2D eigenvalue weighted by atomic mass is 9.92. The first-order chi connectivity index (χ1) is 6.95. The van der Waals surface area contributed by atoms with Crippen molar-refractivity contribution in [2.75, 3.05) is 0 Å². The maximum Gasteiger partial charge on any atom is 0.352 e. The van der Waals surface area contributed by atoms with Gasteiger partial charge in [-0.15, -0.1) is 11.8 Å². The number of hydrogen-bond acceptors (Lipinski definition) is 3. The van der Waals surface area contributed by atoms with Crippen molar-refractivity contribution in [2.24, 2.45) is 5.92 Å². The Kier molecular flexibility index (Phi) is 2.30. The largest absolute Gasteiger partial charge is 0.477 e. The van der Waals surface area contributed by atoms with Crippen LogP contribution in [0.4, 0.5) is 0 Å². The minimum atomic E-state index is -1.01. The first-order valence-corrected chi connectivity index (χ1v) is 5.78. The molecule has 0 aromatic rings. The van der Waals surface area contributed by atoms with E-state index in [-0.39, 0.29) is 22.9 Å². The number of fused-ring (bicyclic) bond motifs is 1. The van der Waals surface area contributed by atoms with Gasteiger partial charge >= 0.3 is 5.97 Å². The quantitative estimate of drug-likeness (QED) is 0.570. The zero-order chi connectivity index (χ0) is 11.3. The van der Waals surface area contributed by atoms with Crippen molar-refractivity contribution in [3.8, 4) is 0 Å². The normalized spacial score (nSPS) is 32.6. The van der Waals surface area contributed by atoms with Crippen molar-refractivity contribution in [1.29, 1.82) is 0 Å². The number of carboxylic acid groups (broad SMARTS) is 1. The first kappa shape index (κ1) is 10.5. The monoisotopic (exact) mass is 227 g/mol. The number of β-lactam (4-membered cyclic amide) rings is 1. The standard InChI is InChI=1S/C10H13NO3S/c1-4(2)7(10(13)14)11-8(12)6-5(3)15-9(6)11/h5-6,9H,1-3H3,(H,13,14). The summed E-state index contributed by atoms with van der Waals surface area (Å²) in [6, 6.07) is 0. The van der Waals surface area contributed by atoms with Crippen molar-refractivity contribution in [3.05, 3.63) is 11.3 Å². The molecule has 1 amide bonds. The molecule has 5 heteroatoms. The summed E-state index contributed by atoms with van der Waals surface area (Å²) < 4.78 is 0. The molecule has 0 aromatic carbocycles. The Hall–Kier alpha value is -0.970. The summed E-state index contributed by atoms with van der Waals surface area (Å²) in [6.45, 7) is 5.44. The number of likely N-dealkylation sites (tertiary alicyclic amines) is 1. The highest BCUT2D eigenvalue weighted by molar-refractivity contribution is 8.02. The number of hydrogen-bond donors (Lipinski definition) is 1. The second-order valence-corrected chi connectivity index (χ2v) is 5.62. The van der Waals surface area contributed by atoms with Crippen LogP contribution in [0.1, 0.15) is 20.8 Å². The third-order valence-corrected chi connectivity index (χ3v) is 4.37. The summed E-state index contributed by atoms with van der Waals surface area (Å²) in [6.07, 6.45) is 0.